The highest BCUT2D eigenvalue weighted by molar-refractivity contribution is 9.10. The van der Waals surface area contributed by atoms with Crippen molar-refractivity contribution in [1.29, 1.82) is 0 Å². The van der Waals surface area contributed by atoms with Crippen LogP contribution in [0.15, 0.2) is 45.8 Å². The normalized spacial score (nSPS) is 15.8. The minimum absolute atomic E-state index is 0.103. The van der Waals surface area contributed by atoms with Gasteiger partial charge in [0.25, 0.3) is 5.91 Å². The summed E-state index contributed by atoms with van der Waals surface area (Å²) < 4.78 is 18.9. The largest absolute Gasteiger partial charge is 0.490 e. The van der Waals surface area contributed by atoms with Crippen molar-refractivity contribution in [1.82, 2.24) is 4.90 Å². The first-order chi connectivity index (χ1) is 15.8. The first-order valence-corrected chi connectivity index (χ1v) is 12.9. The van der Waals surface area contributed by atoms with Crippen LogP contribution in [-0.2, 0) is 4.79 Å². The van der Waals surface area contributed by atoms with E-state index in [-0.39, 0.29) is 5.91 Å². The Bertz CT molecular complexity index is 1040. The van der Waals surface area contributed by atoms with E-state index in [1.807, 2.05) is 37.3 Å². The van der Waals surface area contributed by atoms with Crippen molar-refractivity contribution in [2.75, 3.05) is 26.9 Å². The summed E-state index contributed by atoms with van der Waals surface area (Å²) in [6.45, 7) is 7.57. The maximum atomic E-state index is 12.3. The smallest absolute Gasteiger partial charge is 0.265 e. The summed E-state index contributed by atoms with van der Waals surface area (Å²) in [5, 5.41) is 0. The first kappa shape index (κ1) is 25.6. The predicted octanol–water partition coefficient (Wildman–Crippen LogP) is 6.65. The molecule has 0 aromatic heterocycles. The molecule has 0 spiro atoms. The molecule has 1 saturated heterocycles. The number of thioether (sulfide) groups is 1. The van der Waals surface area contributed by atoms with Crippen molar-refractivity contribution in [2.24, 2.45) is 0 Å². The molecule has 0 radical (unpaired) electrons. The Labute approximate surface area is 213 Å². The van der Waals surface area contributed by atoms with Crippen molar-refractivity contribution >= 4 is 56.2 Å². The topological polar surface area (TPSA) is 48.0 Å². The zero-order valence-electron chi connectivity index (χ0n) is 19.2. The Balaban J connectivity index is 1.65. The third-order valence-corrected chi connectivity index (χ3v) is 7.35. The minimum Gasteiger partial charge on any atom is -0.490 e. The molecule has 2 aromatic carbocycles. The monoisotopic (exact) mass is 549 g/mol. The van der Waals surface area contributed by atoms with Gasteiger partial charge >= 0.3 is 0 Å². The van der Waals surface area contributed by atoms with Gasteiger partial charge in [-0.3, -0.25) is 9.69 Å². The standard InChI is InChI=1S/C25H28BrNO4S2/c1-5-16(3)18-7-9-19(10-8-18)30-11-12-31-23-20(26)13-17(14-21(23)29-6-2)15-22-24(28)27(4)25(32)33-22/h7-10,13-16H,5-6,11-12H2,1-4H3/b22-15-. The number of hydrogen-bond acceptors (Lipinski definition) is 6. The molecule has 1 fully saturated rings. The summed E-state index contributed by atoms with van der Waals surface area (Å²) in [6.07, 6.45) is 2.92. The van der Waals surface area contributed by atoms with E-state index in [9.17, 15) is 4.79 Å². The highest BCUT2D eigenvalue weighted by Gasteiger charge is 2.28. The van der Waals surface area contributed by atoms with E-state index in [0.717, 1.165) is 22.2 Å². The van der Waals surface area contributed by atoms with Crippen molar-refractivity contribution in [3.63, 3.8) is 0 Å². The lowest BCUT2D eigenvalue weighted by Gasteiger charge is -2.15. The van der Waals surface area contributed by atoms with E-state index in [1.165, 1.54) is 22.2 Å². The van der Waals surface area contributed by atoms with Gasteiger partial charge in [-0.25, -0.2) is 0 Å². The van der Waals surface area contributed by atoms with Gasteiger partial charge in [-0.05, 0) is 76.7 Å². The fourth-order valence-electron chi connectivity index (χ4n) is 3.20. The van der Waals surface area contributed by atoms with Crippen LogP contribution >= 0.6 is 39.9 Å². The molecule has 2 aromatic rings. The Kier molecular flexibility index (Phi) is 9.23. The molecule has 3 rings (SSSR count). The van der Waals surface area contributed by atoms with Gasteiger partial charge < -0.3 is 14.2 Å². The molecule has 1 unspecified atom stereocenters. The quantitative estimate of drug-likeness (QED) is 0.188. The minimum atomic E-state index is -0.103. The summed E-state index contributed by atoms with van der Waals surface area (Å²) in [4.78, 5) is 14.4. The second-order valence-electron chi connectivity index (χ2n) is 7.58. The van der Waals surface area contributed by atoms with Crippen molar-refractivity contribution < 1.29 is 19.0 Å². The average Bonchev–Trinajstić information content (AvgIpc) is 3.04. The molecule has 0 bridgehead atoms. The summed E-state index contributed by atoms with van der Waals surface area (Å²) in [5.74, 6) is 2.46. The van der Waals surface area contributed by atoms with E-state index in [1.54, 1.807) is 7.05 Å². The molecule has 33 heavy (non-hydrogen) atoms. The fraction of sp³-hybridized carbons (Fsp3) is 0.360. The first-order valence-electron chi connectivity index (χ1n) is 10.9. The van der Waals surface area contributed by atoms with Gasteiger partial charge in [-0.1, -0.05) is 50.0 Å². The lowest BCUT2D eigenvalue weighted by molar-refractivity contribution is -0.121. The number of likely N-dealkylation sites (N-methyl/N-ethyl adjacent to an activating group) is 1. The summed E-state index contributed by atoms with van der Waals surface area (Å²) >= 11 is 10.1. The van der Waals surface area contributed by atoms with Crippen LogP contribution in [0.4, 0.5) is 0 Å². The van der Waals surface area contributed by atoms with Crippen LogP contribution in [0.25, 0.3) is 6.08 Å². The van der Waals surface area contributed by atoms with Crippen molar-refractivity contribution in [3.8, 4) is 17.2 Å². The van der Waals surface area contributed by atoms with Crippen LogP contribution in [0.1, 0.15) is 44.2 Å². The zero-order chi connectivity index (χ0) is 24.0. The van der Waals surface area contributed by atoms with Crippen LogP contribution in [0.2, 0.25) is 0 Å². The SMILES string of the molecule is CCOc1cc(/C=C2\SC(=S)N(C)C2=O)cc(Br)c1OCCOc1ccc(C(C)CC)cc1. The van der Waals surface area contributed by atoms with E-state index < -0.39 is 0 Å². The van der Waals surface area contributed by atoms with Crippen LogP contribution in [-0.4, -0.2) is 42.0 Å². The lowest BCUT2D eigenvalue weighted by Crippen LogP contribution is -2.22. The Hall–Kier alpha value is -2.03. The fourth-order valence-corrected chi connectivity index (χ4v) is 4.96. The Morgan fingerprint density at radius 1 is 1.12 bits per heavy atom. The summed E-state index contributed by atoms with van der Waals surface area (Å²) in [6, 6.07) is 12.0. The van der Waals surface area contributed by atoms with Crippen LogP contribution in [0, 0.1) is 0 Å². The molecule has 0 aliphatic carbocycles. The number of nitrogens with zero attached hydrogens (tertiary/aromatic N) is 1. The number of halogens is 1. The van der Waals surface area contributed by atoms with Gasteiger partial charge in [0.15, 0.2) is 11.5 Å². The highest BCUT2D eigenvalue weighted by atomic mass is 79.9. The van der Waals surface area contributed by atoms with Gasteiger partial charge in [0.2, 0.25) is 0 Å². The molecule has 0 N–H and O–H groups in total. The second kappa shape index (κ2) is 11.9. The molecule has 1 heterocycles. The predicted molar refractivity (Wildman–Crippen MR) is 142 cm³/mol. The molecule has 1 aliphatic heterocycles. The molecule has 1 aliphatic rings. The third kappa shape index (κ3) is 6.52. The van der Waals surface area contributed by atoms with E-state index in [0.29, 0.717) is 46.5 Å². The molecule has 0 saturated carbocycles. The lowest BCUT2D eigenvalue weighted by atomic mass is 9.99. The highest BCUT2D eigenvalue weighted by Crippen LogP contribution is 2.39. The number of rotatable bonds is 10. The van der Waals surface area contributed by atoms with Crippen molar-refractivity contribution in [2.45, 2.75) is 33.1 Å². The van der Waals surface area contributed by atoms with E-state index >= 15 is 0 Å². The maximum absolute atomic E-state index is 12.3. The molecule has 176 valence electrons. The number of benzene rings is 2. The number of carbonyl (C=O) groups excluding carboxylic acids is 1. The molecular formula is C25H28BrNO4S2. The maximum Gasteiger partial charge on any atom is 0.265 e. The van der Waals surface area contributed by atoms with Crippen LogP contribution in [0.3, 0.4) is 0 Å². The number of ether oxygens (including phenoxy) is 3. The number of amides is 1. The average molecular weight is 551 g/mol. The molecular weight excluding hydrogens is 522 g/mol. The molecule has 8 heteroatoms. The van der Waals surface area contributed by atoms with E-state index in [4.69, 9.17) is 26.4 Å². The molecule has 1 atom stereocenters. The molecule has 5 nitrogen and oxygen atoms in total. The second-order valence-corrected chi connectivity index (χ2v) is 10.1. The Morgan fingerprint density at radius 3 is 2.42 bits per heavy atom. The van der Waals surface area contributed by atoms with Gasteiger partial charge in [0.1, 0.15) is 23.3 Å². The van der Waals surface area contributed by atoms with Gasteiger partial charge in [-0.2, -0.15) is 0 Å². The van der Waals surface area contributed by atoms with Crippen molar-refractivity contribution in [3.05, 3.63) is 56.9 Å². The number of carbonyl (C=O) groups is 1. The zero-order valence-corrected chi connectivity index (χ0v) is 22.4. The van der Waals surface area contributed by atoms with Crippen LogP contribution in [0.5, 0.6) is 17.2 Å². The summed E-state index contributed by atoms with van der Waals surface area (Å²) in [7, 11) is 1.68. The van der Waals surface area contributed by atoms with Gasteiger partial charge in [0.05, 0.1) is 16.0 Å². The number of thiocarbonyl (C=S) groups is 1. The summed E-state index contributed by atoms with van der Waals surface area (Å²) in [5.41, 5.74) is 2.14. The molecule has 1 amide bonds. The van der Waals surface area contributed by atoms with Gasteiger partial charge in [0, 0.05) is 7.05 Å². The number of hydrogen-bond donors (Lipinski definition) is 0. The van der Waals surface area contributed by atoms with Crippen LogP contribution < -0.4 is 14.2 Å². The van der Waals surface area contributed by atoms with E-state index in [2.05, 4.69) is 41.9 Å². The Morgan fingerprint density at radius 2 is 1.82 bits per heavy atom. The van der Waals surface area contributed by atoms with Gasteiger partial charge in [-0.15, -0.1) is 0 Å². The third-order valence-electron chi connectivity index (χ3n) is 5.28.